The van der Waals surface area contributed by atoms with Gasteiger partial charge < -0.3 is 5.11 Å². The molecule has 0 spiro atoms. The molecule has 0 saturated heterocycles. The first-order valence-corrected chi connectivity index (χ1v) is 8.64. The predicted molar refractivity (Wildman–Crippen MR) is 83.2 cm³/mol. The van der Waals surface area contributed by atoms with Crippen LogP contribution >= 0.6 is 0 Å². The SMILES string of the molecule is CC(c1cccc(O)c1)N(C)S(=O)(=O)N(C)C(C)C1CC1. The molecule has 2 rings (SSSR count). The average molecular weight is 312 g/mol. The van der Waals surface area contributed by atoms with Gasteiger partial charge in [0.15, 0.2) is 0 Å². The summed E-state index contributed by atoms with van der Waals surface area (Å²) in [5.74, 6) is 0.624. The number of phenolic OH excluding ortho intramolecular Hbond substituents is 1. The van der Waals surface area contributed by atoms with Crippen molar-refractivity contribution in [1.29, 1.82) is 0 Å². The van der Waals surface area contributed by atoms with Gasteiger partial charge in [0.25, 0.3) is 10.2 Å². The third kappa shape index (κ3) is 3.39. The van der Waals surface area contributed by atoms with Crippen molar-refractivity contribution < 1.29 is 13.5 Å². The van der Waals surface area contributed by atoms with Crippen LogP contribution in [-0.4, -0.2) is 42.3 Å². The van der Waals surface area contributed by atoms with Gasteiger partial charge in [-0.2, -0.15) is 17.0 Å². The summed E-state index contributed by atoms with van der Waals surface area (Å²) in [6.07, 6.45) is 2.21. The molecule has 0 aromatic heterocycles. The van der Waals surface area contributed by atoms with Crippen LogP contribution in [0.2, 0.25) is 0 Å². The lowest BCUT2D eigenvalue weighted by Crippen LogP contribution is -2.45. The Morgan fingerprint density at radius 2 is 1.81 bits per heavy atom. The van der Waals surface area contributed by atoms with Crippen molar-refractivity contribution in [2.24, 2.45) is 5.92 Å². The maximum atomic E-state index is 12.7. The van der Waals surface area contributed by atoms with Gasteiger partial charge in [0, 0.05) is 26.2 Å². The minimum atomic E-state index is -3.52. The summed E-state index contributed by atoms with van der Waals surface area (Å²) in [6, 6.07) is 6.40. The van der Waals surface area contributed by atoms with Crippen LogP contribution in [0, 0.1) is 5.92 Å². The smallest absolute Gasteiger partial charge is 0.282 e. The van der Waals surface area contributed by atoms with Gasteiger partial charge in [-0.15, -0.1) is 0 Å². The van der Waals surface area contributed by atoms with Crippen LogP contribution < -0.4 is 0 Å². The third-order valence-corrected chi connectivity index (χ3v) is 6.61. The topological polar surface area (TPSA) is 60.9 Å². The van der Waals surface area contributed by atoms with E-state index in [1.54, 1.807) is 32.3 Å². The molecule has 5 nitrogen and oxygen atoms in total. The first kappa shape index (κ1) is 16.3. The van der Waals surface area contributed by atoms with Gasteiger partial charge >= 0.3 is 0 Å². The van der Waals surface area contributed by atoms with Crippen LogP contribution in [-0.2, 0) is 10.2 Å². The molecule has 1 aliphatic carbocycles. The van der Waals surface area contributed by atoms with E-state index >= 15 is 0 Å². The van der Waals surface area contributed by atoms with E-state index in [1.165, 1.54) is 8.61 Å². The summed E-state index contributed by atoms with van der Waals surface area (Å²) in [4.78, 5) is 0. The molecule has 1 N–H and O–H groups in total. The molecule has 0 bridgehead atoms. The summed E-state index contributed by atoms with van der Waals surface area (Å²) < 4.78 is 28.2. The van der Waals surface area contributed by atoms with Gasteiger partial charge in [0.2, 0.25) is 0 Å². The Balaban J connectivity index is 2.18. The maximum Gasteiger partial charge on any atom is 0.282 e. The second-order valence-electron chi connectivity index (χ2n) is 5.89. The molecular weight excluding hydrogens is 288 g/mol. The second-order valence-corrected chi connectivity index (χ2v) is 7.94. The Labute approximate surface area is 127 Å². The van der Waals surface area contributed by atoms with E-state index in [0.29, 0.717) is 5.92 Å². The highest BCUT2D eigenvalue weighted by Gasteiger charge is 2.38. The molecule has 21 heavy (non-hydrogen) atoms. The Hall–Kier alpha value is -1.11. The first-order chi connectivity index (χ1) is 9.75. The fourth-order valence-corrected chi connectivity index (χ4v) is 4.00. The van der Waals surface area contributed by atoms with Crippen LogP contribution in [0.3, 0.4) is 0 Å². The zero-order valence-electron chi connectivity index (χ0n) is 13.0. The van der Waals surface area contributed by atoms with E-state index in [-0.39, 0.29) is 17.8 Å². The minimum Gasteiger partial charge on any atom is -0.508 e. The fourth-order valence-electron chi connectivity index (χ4n) is 2.48. The summed E-state index contributed by atoms with van der Waals surface area (Å²) in [7, 11) is -0.292. The van der Waals surface area contributed by atoms with Crippen molar-refractivity contribution >= 4 is 10.2 Å². The molecule has 1 saturated carbocycles. The highest BCUT2D eigenvalue weighted by Crippen LogP contribution is 2.36. The lowest BCUT2D eigenvalue weighted by molar-refractivity contribution is 0.302. The molecular formula is C15H24N2O3S. The molecule has 2 atom stereocenters. The molecule has 1 aliphatic rings. The molecule has 1 aromatic rings. The molecule has 2 unspecified atom stereocenters. The van der Waals surface area contributed by atoms with Crippen LogP contribution in [0.5, 0.6) is 5.75 Å². The Bertz CT molecular complexity index is 599. The van der Waals surface area contributed by atoms with E-state index in [9.17, 15) is 13.5 Å². The number of rotatable bonds is 6. The molecule has 1 fully saturated rings. The maximum absolute atomic E-state index is 12.7. The van der Waals surface area contributed by atoms with Gasteiger partial charge in [-0.3, -0.25) is 0 Å². The van der Waals surface area contributed by atoms with E-state index in [4.69, 9.17) is 0 Å². The van der Waals surface area contributed by atoms with Gasteiger partial charge in [-0.25, -0.2) is 0 Å². The summed E-state index contributed by atoms with van der Waals surface area (Å²) in [6.45, 7) is 3.78. The number of benzene rings is 1. The van der Waals surface area contributed by atoms with E-state index in [0.717, 1.165) is 18.4 Å². The van der Waals surface area contributed by atoms with Gasteiger partial charge in [-0.05, 0) is 50.3 Å². The Morgan fingerprint density at radius 1 is 1.19 bits per heavy atom. The molecule has 1 aromatic carbocycles. The standard InChI is InChI=1S/C15H24N2O3S/c1-11(13-8-9-13)16(3)21(19,20)17(4)12(2)14-6-5-7-15(18)10-14/h5-7,10-13,18H,8-9H2,1-4H3. The van der Waals surface area contributed by atoms with Crippen LogP contribution in [0.1, 0.15) is 38.3 Å². The Morgan fingerprint density at radius 3 is 2.33 bits per heavy atom. The number of phenols is 1. The largest absolute Gasteiger partial charge is 0.508 e. The molecule has 0 radical (unpaired) electrons. The lowest BCUT2D eigenvalue weighted by atomic mass is 10.1. The van der Waals surface area contributed by atoms with Crippen molar-refractivity contribution in [2.45, 2.75) is 38.8 Å². The zero-order chi connectivity index (χ0) is 15.8. The molecule has 6 heteroatoms. The monoisotopic (exact) mass is 312 g/mol. The van der Waals surface area contributed by atoms with Gasteiger partial charge in [-0.1, -0.05) is 12.1 Å². The van der Waals surface area contributed by atoms with Crippen LogP contribution in [0.25, 0.3) is 0 Å². The molecule has 0 heterocycles. The van der Waals surface area contributed by atoms with Gasteiger partial charge in [0.1, 0.15) is 5.75 Å². The van der Waals surface area contributed by atoms with Crippen LogP contribution in [0.15, 0.2) is 24.3 Å². The highest BCUT2D eigenvalue weighted by atomic mass is 32.2. The average Bonchev–Trinajstić information content (AvgIpc) is 3.28. The molecule has 0 aliphatic heterocycles. The summed E-state index contributed by atoms with van der Waals surface area (Å²) >= 11 is 0. The quantitative estimate of drug-likeness (QED) is 0.877. The second kappa shape index (κ2) is 5.94. The van der Waals surface area contributed by atoms with E-state index in [1.807, 2.05) is 19.9 Å². The third-order valence-electron chi connectivity index (χ3n) is 4.50. The van der Waals surface area contributed by atoms with Crippen molar-refractivity contribution in [3.8, 4) is 5.75 Å². The van der Waals surface area contributed by atoms with Crippen molar-refractivity contribution in [1.82, 2.24) is 8.61 Å². The van der Waals surface area contributed by atoms with E-state index in [2.05, 4.69) is 0 Å². The summed E-state index contributed by atoms with van der Waals surface area (Å²) in [5, 5.41) is 9.55. The number of nitrogens with zero attached hydrogens (tertiary/aromatic N) is 2. The van der Waals surface area contributed by atoms with Gasteiger partial charge in [0.05, 0.1) is 0 Å². The predicted octanol–water partition coefficient (Wildman–Crippen LogP) is 2.36. The van der Waals surface area contributed by atoms with Crippen molar-refractivity contribution in [3.63, 3.8) is 0 Å². The molecule has 118 valence electrons. The Kier molecular flexibility index (Phi) is 4.60. The molecule has 0 amide bonds. The number of aromatic hydroxyl groups is 1. The van der Waals surface area contributed by atoms with Crippen molar-refractivity contribution in [2.75, 3.05) is 14.1 Å². The number of hydrogen-bond acceptors (Lipinski definition) is 3. The summed E-state index contributed by atoms with van der Waals surface area (Å²) in [5.41, 5.74) is 0.772. The lowest BCUT2D eigenvalue weighted by Gasteiger charge is -2.32. The minimum absolute atomic E-state index is 0.0221. The van der Waals surface area contributed by atoms with E-state index < -0.39 is 10.2 Å². The van der Waals surface area contributed by atoms with Crippen LogP contribution in [0.4, 0.5) is 0 Å². The normalized spacial score (nSPS) is 19.0. The zero-order valence-corrected chi connectivity index (χ0v) is 13.8. The highest BCUT2D eigenvalue weighted by molar-refractivity contribution is 7.86. The van der Waals surface area contributed by atoms with Crippen molar-refractivity contribution in [3.05, 3.63) is 29.8 Å². The number of hydrogen-bond donors (Lipinski definition) is 1. The fraction of sp³-hybridized carbons (Fsp3) is 0.600. The first-order valence-electron chi connectivity index (χ1n) is 7.25.